The van der Waals surface area contributed by atoms with Gasteiger partial charge in [0.2, 0.25) is 0 Å². The first-order valence-corrected chi connectivity index (χ1v) is 9.42. The molecule has 0 aliphatic carbocycles. The monoisotopic (exact) mass is 419 g/mol. The van der Waals surface area contributed by atoms with E-state index in [0.29, 0.717) is 6.42 Å². The second-order valence-corrected chi connectivity index (χ2v) is 6.82. The molecule has 1 heterocycles. The minimum Gasteiger partial charge on any atom is -0.323 e. The lowest BCUT2D eigenvalue weighted by Crippen LogP contribution is -2.14. The number of hydroxylamine groups is 1. The predicted octanol–water partition coefficient (Wildman–Crippen LogP) is 4.62. The number of fused-ring (bicyclic) bond motifs is 1. The number of aromatic nitrogens is 2. The molecule has 3 aromatic carbocycles. The number of imidazole rings is 1. The molecule has 5 nitrogen and oxygen atoms in total. The van der Waals surface area contributed by atoms with Crippen molar-refractivity contribution in [2.24, 2.45) is 0 Å². The van der Waals surface area contributed by atoms with Gasteiger partial charge in [0.25, 0.3) is 5.91 Å². The third kappa shape index (κ3) is 4.95. The van der Waals surface area contributed by atoms with Crippen LogP contribution in [0, 0.1) is 0 Å². The first-order chi connectivity index (χ1) is 14.2. The number of carbonyl (C=O) groups is 1. The van der Waals surface area contributed by atoms with E-state index < -0.39 is 5.91 Å². The van der Waals surface area contributed by atoms with Crippen molar-refractivity contribution in [3.8, 4) is 0 Å². The summed E-state index contributed by atoms with van der Waals surface area (Å²) < 4.78 is 2.27. The molecule has 0 aliphatic rings. The number of hydrogen-bond acceptors (Lipinski definition) is 3. The van der Waals surface area contributed by atoms with Crippen LogP contribution in [0.3, 0.4) is 0 Å². The van der Waals surface area contributed by atoms with E-state index in [2.05, 4.69) is 34.9 Å². The number of carbonyl (C=O) groups excluding carboxylic acids is 1. The van der Waals surface area contributed by atoms with Crippen LogP contribution in [0.1, 0.15) is 22.5 Å². The maximum absolute atomic E-state index is 11.1. The van der Waals surface area contributed by atoms with Gasteiger partial charge in [-0.1, -0.05) is 66.7 Å². The van der Waals surface area contributed by atoms with Crippen molar-refractivity contribution in [1.82, 2.24) is 15.0 Å². The highest BCUT2D eigenvalue weighted by atomic mass is 35.5. The number of para-hydroxylation sites is 2. The molecular weight excluding hydrogens is 398 g/mol. The molecule has 0 spiro atoms. The number of halogens is 1. The summed E-state index contributed by atoms with van der Waals surface area (Å²) in [5.41, 5.74) is 6.96. The molecular formula is C24H22ClN3O2. The molecule has 2 N–H and O–H groups in total. The van der Waals surface area contributed by atoms with Gasteiger partial charge in [0.15, 0.2) is 0 Å². The smallest absolute Gasteiger partial charge is 0.267 e. The minimum atomic E-state index is -0.552. The number of rotatable bonds is 6. The predicted molar refractivity (Wildman–Crippen MR) is 121 cm³/mol. The van der Waals surface area contributed by atoms with E-state index in [1.807, 2.05) is 48.5 Å². The van der Waals surface area contributed by atoms with Crippen molar-refractivity contribution in [3.05, 3.63) is 107 Å². The van der Waals surface area contributed by atoms with Crippen molar-refractivity contribution in [2.75, 3.05) is 0 Å². The van der Waals surface area contributed by atoms with Crippen LogP contribution in [0.4, 0.5) is 0 Å². The molecule has 0 fully saturated rings. The number of amides is 1. The average molecular weight is 420 g/mol. The fourth-order valence-corrected chi connectivity index (χ4v) is 3.34. The zero-order valence-electron chi connectivity index (χ0n) is 16.2. The molecule has 0 aliphatic heterocycles. The fraction of sp³-hybridized carbons (Fsp3) is 0.0833. The lowest BCUT2D eigenvalue weighted by molar-refractivity contribution is -0.124. The lowest BCUT2D eigenvalue weighted by atomic mass is 10.1. The molecule has 30 heavy (non-hydrogen) atoms. The quantitative estimate of drug-likeness (QED) is 0.272. The van der Waals surface area contributed by atoms with Crippen LogP contribution in [0.15, 0.2) is 84.9 Å². The Labute approximate surface area is 181 Å². The number of nitrogens with zero attached hydrogens (tertiary/aromatic N) is 2. The van der Waals surface area contributed by atoms with Crippen molar-refractivity contribution in [2.45, 2.75) is 13.0 Å². The van der Waals surface area contributed by atoms with E-state index >= 15 is 0 Å². The molecule has 4 aromatic rings. The summed E-state index contributed by atoms with van der Waals surface area (Å²) >= 11 is 0. The molecule has 1 amide bonds. The van der Waals surface area contributed by atoms with Crippen molar-refractivity contribution < 1.29 is 10.0 Å². The molecule has 1 aromatic heterocycles. The number of benzene rings is 3. The maximum Gasteiger partial charge on any atom is 0.267 e. The van der Waals surface area contributed by atoms with Gasteiger partial charge >= 0.3 is 0 Å². The molecule has 0 unspecified atom stereocenters. The highest BCUT2D eigenvalue weighted by molar-refractivity contribution is 5.90. The van der Waals surface area contributed by atoms with E-state index in [9.17, 15) is 4.79 Å². The highest BCUT2D eigenvalue weighted by Gasteiger charge is 2.11. The Hall–Kier alpha value is -3.41. The molecule has 4 rings (SSSR count). The second-order valence-electron chi connectivity index (χ2n) is 6.82. The van der Waals surface area contributed by atoms with Gasteiger partial charge in [-0.25, -0.2) is 10.5 Å². The minimum absolute atomic E-state index is 0. The van der Waals surface area contributed by atoms with Gasteiger partial charge in [0, 0.05) is 19.0 Å². The second kappa shape index (κ2) is 9.87. The van der Waals surface area contributed by atoms with Crippen molar-refractivity contribution in [1.29, 1.82) is 0 Å². The first kappa shape index (κ1) is 21.3. The standard InChI is InChI=1S/C24H21N3O2.ClH/c28-24(26-29)15-14-18-10-12-19(13-11-18)16-23-25-21-8-4-5-9-22(21)27(23)17-20-6-2-1-3-7-20;/h1-15,29H,16-17H2,(H,26,28);1H/b15-14+;. The average Bonchev–Trinajstić information content (AvgIpc) is 3.10. The largest absolute Gasteiger partial charge is 0.323 e. The molecule has 152 valence electrons. The Bertz CT molecular complexity index is 1150. The topological polar surface area (TPSA) is 67.2 Å². The lowest BCUT2D eigenvalue weighted by Gasteiger charge is -2.10. The summed E-state index contributed by atoms with van der Waals surface area (Å²) in [6, 6.07) is 26.5. The molecule has 0 radical (unpaired) electrons. The fourth-order valence-electron chi connectivity index (χ4n) is 3.34. The van der Waals surface area contributed by atoms with Crippen molar-refractivity contribution in [3.63, 3.8) is 0 Å². The zero-order chi connectivity index (χ0) is 20.1. The third-order valence-corrected chi connectivity index (χ3v) is 4.80. The van der Waals surface area contributed by atoms with Gasteiger partial charge in [0.05, 0.1) is 11.0 Å². The Morgan fingerprint density at radius 1 is 0.933 bits per heavy atom. The summed E-state index contributed by atoms with van der Waals surface area (Å²) in [6.45, 7) is 0.772. The van der Waals surface area contributed by atoms with Gasteiger partial charge in [-0.05, 0) is 34.9 Å². The highest BCUT2D eigenvalue weighted by Crippen LogP contribution is 2.20. The summed E-state index contributed by atoms with van der Waals surface area (Å²) in [5.74, 6) is 0.460. The summed E-state index contributed by atoms with van der Waals surface area (Å²) in [5, 5.41) is 8.55. The van der Waals surface area contributed by atoms with E-state index in [1.165, 1.54) is 11.6 Å². The van der Waals surface area contributed by atoms with Crippen LogP contribution in [0.2, 0.25) is 0 Å². The summed E-state index contributed by atoms with van der Waals surface area (Å²) in [6.07, 6.45) is 3.65. The summed E-state index contributed by atoms with van der Waals surface area (Å²) in [4.78, 5) is 16.0. The van der Waals surface area contributed by atoms with Gasteiger partial charge in [-0.2, -0.15) is 0 Å². The van der Waals surface area contributed by atoms with E-state index in [4.69, 9.17) is 10.2 Å². The Morgan fingerprint density at radius 3 is 2.37 bits per heavy atom. The number of hydrogen-bond donors (Lipinski definition) is 2. The Balaban J connectivity index is 0.00000256. The molecule has 6 heteroatoms. The SMILES string of the molecule is Cl.O=C(/C=C/c1ccc(Cc2nc3ccccc3n2Cc2ccccc2)cc1)NO. The molecule has 0 bridgehead atoms. The van der Waals surface area contributed by atoms with E-state index in [0.717, 1.165) is 34.5 Å². The number of nitrogens with one attached hydrogen (secondary N) is 1. The van der Waals surface area contributed by atoms with Crippen LogP contribution in [-0.4, -0.2) is 20.7 Å². The molecule has 0 saturated carbocycles. The van der Waals surface area contributed by atoms with E-state index in [1.54, 1.807) is 11.6 Å². The van der Waals surface area contributed by atoms with Crippen LogP contribution >= 0.6 is 12.4 Å². The van der Waals surface area contributed by atoms with Crippen LogP contribution < -0.4 is 5.48 Å². The van der Waals surface area contributed by atoms with Crippen LogP contribution in [0.25, 0.3) is 17.1 Å². The third-order valence-electron chi connectivity index (χ3n) is 4.80. The van der Waals surface area contributed by atoms with Crippen LogP contribution in [-0.2, 0) is 17.8 Å². The normalized spacial score (nSPS) is 10.8. The van der Waals surface area contributed by atoms with E-state index in [-0.39, 0.29) is 12.4 Å². The van der Waals surface area contributed by atoms with Crippen molar-refractivity contribution >= 4 is 35.4 Å². The maximum atomic E-state index is 11.1. The van der Waals surface area contributed by atoms with Gasteiger partial charge < -0.3 is 4.57 Å². The summed E-state index contributed by atoms with van der Waals surface area (Å²) in [7, 11) is 0. The van der Waals surface area contributed by atoms with Gasteiger partial charge in [-0.3, -0.25) is 10.0 Å². The van der Waals surface area contributed by atoms with Crippen LogP contribution in [0.5, 0.6) is 0 Å². The van der Waals surface area contributed by atoms with Gasteiger partial charge in [-0.15, -0.1) is 12.4 Å². The zero-order valence-corrected chi connectivity index (χ0v) is 17.0. The van der Waals surface area contributed by atoms with Gasteiger partial charge in [0.1, 0.15) is 5.82 Å². The molecule has 0 saturated heterocycles. The first-order valence-electron chi connectivity index (χ1n) is 9.42. The molecule has 0 atom stereocenters. The Morgan fingerprint density at radius 2 is 1.63 bits per heavy atom. The Kier molecular flexibility index (Phi) is 7.01.